The highest BCUT2D eigenvalue weighted by molar-refractivity contribution is 5.70. The molecule has 0 bridgehead atoms. The van der Waals surface area contributed by atoms with E-state index < -0.39 is 5.97 Å². The summed E-state index contributed by atoms with van der Waals surface area (Å²) in [7, 11) is 0. The molecule has 3 aromatic rings. The lowest BCUT2D eigenvalue weighted by molar-refractivity contribution is -0.136. The Bertz CT molecular complexity index is 909. The maximum Gasteiger partial charge on any atom is 0.307 e. The Morgan fingerprint density at radius 3 is 2.82 bits per heavy atom. The Morgan fingerprint density at radius 1 is 1.18 bits per heavy atom. The number of nitrogens with zero attached hydrogens (tertiary/aromatic N) is 3. The van der Waals surface area contributed by atoms with Gasteiger partial charge in [-0.05, 0) is 49.6 Å². The molecule has 0 fully saturated rings. The molecule has 2 heterocycles. The molecule has 1 N–H and O–H groups in total. The Labute approximate surface area is 163 Å². The van der Waals surface area contributed by atoms with Gasteiger partial charge in [0.1, 0.15) is 5.75 Å². The van der Waals surface area contributed by atoms with Crippen LogP contribution < -0.4 is 9.47 Å². The monoisotopic (exact) mass is 381 g/mol. The maximum atomic E-state index is 10.8. The minimum Gasteiger partial charge on any atom is -0.494 e. The van der Waals surface area contributed by atoms with Crippen molar-refractivity contribution in [2.24, 2.45) is 0 Å². The molecule has 2 aromatic heterocycles. The summed E-state index contributed by atoms with van der Waals surface area (Å²) >= 11 is 0. The molecule has 146 valence electrons. The largest absolute Gasteiger partial charge is 0.494 e. The zero-order valence-electron chi connectivity index (χ0n) is 15.7. The molecule has 0 unspecified atom stereocenters. The van der Waals surface area contributed by atoms with E-state index in [0.717, 1.165) is 29.8 Å². The second-order valence-electron chi connectivity index (χ2n) is 6.19. The van der Waals surface area contributed by atoms with Crippen molar-refractivity contribution in [3.8, 4) is 17.4 Å². The molecule has 0 aliphatic rings. The molecule has 7 nitrogen and oxygen atoms in total. The van der Waals surface area contributed by atoms with E-state index >= 15 is 0 Å². The highest BCUT2D eigenvalue weighted by Crippen LogP contribution is 2.20. The SMILES string of the molecule is CCOc1nn(-c2ccccn2)cc1CCCOc1cccc(CC(=O)O)c1. The molecular formula is C21H23N3O4. The van der Waals surface area contributed by atoms with Crippen molar-refractivity contribution in [2.75, 3.05) is 13.2 Å². The number of carboxylic acid groups (broad SMARTS) is 1. The third-order valence-electron chi connectivity index (χ3n) is 4.03. The predicted molar refractivity (Wildman–Crippen MR) is 104 cm³/mol. The van der Waals surface area contributed by atoms with Gasteiger partial charge in [-0.25, -0.2) is 9.67 Å². The Morgan fingerprint density at radius 2 is 2.07 bits per heavy atom. The first-order valence-electron chi connectivity index (χ1n) is 9.22. The average molecular weight is 381 g/mol. The molecule has 0 aliphatic heterocycles. The van der Waals surface area contributed by atoms with Gasteiger partial charge in [-0.1, -0.05) is 18.2 Å². The fourth-order valence-electron chi connectivity index (χ4n) is 2.80. The fraction of sp³-hybridized carbons (Fsp3) is 0.286. The minimum absolute atomic E-state index is 0.0123. The number of pyridine rings is 1. The molecular weight excluding hydrogens is 358 g/mol. The fourth-order valence-corrected chi connectivity index (χ4v) is 2.80. The molecule has 28 heavy (non-hydrogen) atoms. The van der Waals surface area contributed by atoms with Gasteiger partial charge < -0.3 is 14.6 Å². The van der Waals surface area contributed by atoms with Crippen molar-refractivity contribution in [2.45, 2.75) is 26.2 Å². The number of aliphatic carboxylic acids is 1. The van der Waals surface area contributed by atoms with Crippen molar-refractivity contribution < 1.29 is 19.4 Å². The molecule has 0 saturated carbocycles. The molecule has 0 spiro atoms. The van der Waals surface area contributed by atoms with E-state index in [2.05, 4.69) is 10.1 Å². The van der Waals surface area contributed by atoms with Crippen LogP contribution in [0, 0.1) is 0 Å². The van der Waals surface area contributed by atoms with Crippen molar-refractivity contribution in [3.05, 3.63) is 66.0 Å². The number of rotatable bonds is 10. The Balaban J connectivity index is 1.58. The van der Waals surface area contributed by atoms with Crippen LogP contribution in [-0.4, -0.2) is 39.1 Å². The van der Waals surface area contributed by atoms with Gasteiger partial charge in [0.15, 0.2) is 5.82 Å². The van der Waals surface area contributed by atoms with E-state index in [1.807, 2.05) is 37.4 Å². The van der Waals surface area contributed by atoms with Crippen LogP contribution in [0.3, 0.4) is 0 Å². The standard InChI is InChI=1S/C21H23N3O4/c1-2-27-21-17(15-24(23-21)19-10-3-4-11-22-19)8-6-12-28-18-9-5-7-16(13-18)14-20(25)26/h3-5,7,9-11,13,15H,2,6,8,12,14H2,1H3,(H,25,26). The number of aromatic nitrogens is 3. The first-order chi connectivity index (χ1) is 13.7. The number of carbonyl (C=O) groups is 1. The highest BCUT2D eigenvalue weighted by Gasteiger charge is 2.12. The van der Waals surface area contributed by atoms with Gasteiger partial charge in [0.2, 0.25) is 5.88 Å². The second-order valence-corrected chi connectivity index (χ2v) is 6.19. The lowest BCUT2D eigenvalue weighted by Gasteiger charge is -2.07. The molecule has 1 aromatic carbocycles. The van der Waals surface area contributed by atoms with Crippen molar-refractivity contribution in [1.29, 1.82) is 0 Å². The van der Waals surface area contributed by atoms with Crippen LogP contribution in [0.2, 0.25) is 0 Å². The number of hydrogen-bond donors (Lipinski definition) is 1. The summed E-state index contributed by atoms with van der Waals surface area (Å²) in [6.45, 7) is 2.98. The number of ether oxygens (including phenoxy) is 2. The molecule has 3 rings (SSSR count). The normalized spacial score (nSPS) is 10.6. The number of hydrogen-bond acceptors (Lipinski definition) is 5. The van der Waals surface area contributed by atoms with Crippen LogP contribution in [0.15, 0.2) is 54.9 Å². The first kappa shape index (κ1) is 19.4. The van der Waals surface area contributed by atoms with Gasteiger partial charge in [0.05, 0.1) is 19.6 Å². The number of aryl methyl sites for hydroxylation is 1. The summed E-state index contributed by atoms with van der Waals surface area (Å²) in [6.07, 6.45) is 5.17. The third-order valence-corrected chi connectivity index (χ3v) is 4.03. The van der Waals surface area contributed by atoms with Gasteiger partial charge in [-0.3, -0.25) is 4.79 Å². The smallest absolute Gasteiger partial charge is 0.307 e. The highest BCUT2D eigenvalue weighted by atomic mass is 16.5. The van der Waals surface area contributed by atoms with Crippen LogP contribution in [0.4, 0.5) is 0 Å². The second kappa shape index (κ2) is 9.55. The summed E-state index contributed by atoms with van der Waals surface area (Å²) < 4.78 is 13.1. The molecule has 0 aliphatic carbocycles. The van der Waals surface area contributed by atoms with Gasteiger partial charge in [0, 0.05) is 18.0 Å². The van der Waals surface area contributed by atoms with Gasteiger partial charge >= 0.3 is 5.97 Å². The van der Waals surface area contributed by atoms with E-state index in [1.165, 1.54) is 0 Å². The predicted octanol–water partition coefficient (Wildman–Crippen LogP) is 3.30. The zero-order valence-corrected chi connectivity index (χ0v) is 15.7. The summed E-state index contributed by atoms with van der Waals surface area (Å²) in [5.41, 5.74) is 1.72. The first-order valence-corrected chi connectivity index (χ1v) is 9.22. The maximum absolute atomic E-state index is 10.8. The molecule has 0 atom stereocenters. The zero-order chi connectivity index (χ0) is 19.8. The molecule has 7 heteroatoms. The van der Waals surface area contributed by atoms with Gasteiger partial charge in [-0.15, -0.1) is 5.10 Å². The van der Waals surface area contributed by atoms with E-state index in [-0.39, 0.29) is 6.42 Å². The number of carboxylic acids is 1. The summed E-state index contributed by atoms with van der Waals surface area (Å²) in [6, 6.07) is 12.8. The third kappa shape index (κ3) is 5.33. The summed E-state index contributed by atoms with van der Waals surface area (Å²) in [4.78, 5) is 15.1. The van der Waals surface area contributed by atoms with E-state index in [0.29, 0.717) is 24.8 Å². The Hall–Kier alpha value is -3.35. The van der Waals surface area contributed by atoms with E-state index in [1.54, 1.807) is 29.1 Å². The average Bonchev–Trinajstić information content (AvgIpc) is 3.09. The van der Waals surface area contributed by atoms with Crippen molar-refractivity contribution in [1.82, 2.24) is 14.8 Å². The summed E-state index contributed by atoms with van der Waals surface area (Å²) in [5.74, 6) is 1.16. The van der Waals surface area contributed by atoms with Crippen LogP contribution >= 0.6 is 0 Å². The van der Waals surface area contributed by atoms with Gasteiger partial charge in [-0.2, -0.15) is 0 Å². The van der Waals surface area contributed by atoms with E-state index in [4.69, 9.17) is 14.6 Å². The van der Waals surface area contributed by atoms with Crippen LogP contribution in [0.5, 0.6) is 11.6 Å². The van der Waals surface area contributed by atoms with Crippen LogP contribution in [0.25, 0.3) is 5.82 Å². The minimum atomic E-state index is -0.856. The molecule has 0 amide bonds. The summed E-state index contributed by atoms with van der Waals surface area (Å²) in [5, 5.41) is 13.4. The van der Waals surface area contributed by atoms with Crippen molar-refractivity contribution >= 4 is 5.97 Å². The molecule has 0 saturated heterocycles. The van der Waals surface area contributed by atoms with Crippen LogP contribution in [0.1, 0.15) is 24.5 Å². The lowest BCUT2D eigenvalue weighted by Crippen LogP contribution is -2.03. The Kier molecular flexibility index (Phi) is 6.62. The van der Waals surface area contributed by atoms with E-state index in [9.17, 15) is 4.79 Å². The lowest BCUT2D eigenvalue weighted by atomic mass is 10.1. The van der Waals surface area contributed by atoms with Gasteiger partial charge in [0.25, 0.3) is 0 Å². The van der Waals surface area contributed by atoms with Crippen molar-refractivity contribution in [3.63, 3.8) is 0 Å². The quantitative estimate of drug-likeness (QED) is 0.542. The number of benzene rings is 1. The van der Waals surface area contributed by atoms with Crippen LogP contribution in [-0.2, 0) is 17.6 Å². The molecule has 0 radical (unpaired) electrons. The topological polar surface area (TPSA) is 86.5 Å².